The summed E-state index contributed by atoms with van der Waals surface area (Å²) in [6, 6.07) is 10.9. The molecule has 92 valence electrons. The van der Waals surface area contributed by atoms with E-state index in [1.807, 2.05) is 18.2 Å². The third-order valence-electron chi connectivity index (χ3n) is 3.22. The van der Waals surface area contributed by atoms with Gasteiger partial charge in [0, 0.05) is 19.1 Å². The summed E-state index contributed by atoms with van der Waals surface area (Å²) in [6.07, 6.45) is 2.42. The molecule has 0 bridgehead atoms. The molecule has 3 nitrogen and oxygen atoms in total. The fourth-order valence-corrected chi connectivity index (χ4v) is 2.03. The molecule has 3 heteroatoms. The zero-order valence-electron chi connectivity index (χ0n) is 10.2. The van der Waals surface area contributed by atoms with Crippen LogP contribution in [-0.4, -0.2) is 28.6 Å². The monoisotopic (exact) mass is 233 g/mol. The first-order valence-electron chi connectivity index (χ1n) is 6.17. The summed E-state index contributed by atoms with van der Waals surface area (Å²) < 4.78 is 0. The van der Waals surface area contributed by atoms with Crippen LogP contribution in [-0.2, 0) is 11.3 Å². The topological polar surface area (TPSA) is 40.5 Å². The van der Waals surface area contributed by atoms with Gasteiger partial charge in [-0.2, -0.15) is 0 Å². The van der Waals surface area contributed by atoms with Crippen LogP contribution in [0.25, 0.3) is 0 Å². The fraction of sp³-hybridized carbons (Fsp3) is 0.500. The summed E-state index contributed by atoms with van der Waals surface area (Å²) in [5, 5.41) is 8.97. The summed E-state index contributed by atoms with van der Waals surface area (Å²) in [5.41, 5.74) is 1.26. The van der Waals surface area contributed by atoms with Gasteiger partial charge in [0.05, 0.1) is 5.92 Å². The van der Waals surface area contributed by atoms with E-state index in [2.05, 4.69) is 17.0 Å². The second kappa shape index (κ2) is 5.32. The van der Waals surface area contributed by atoms with E-state index in [0.717, 1.165) is 6.54 Å². The predicted octanol–water partition coefficient (Wildman–Crippen LogP) is 2.37. The number of carbonyl (C=O) groups is 1. The van der Waals surface area contributed by atoms with Crippen LogP contribution in [0.4, 0.5) is 0 Å². The van der Waals surface area contributed by atoms with E-state index in [-0.39, 0.29) is 5.92 Å². The van der Waals surface area contributed by atoms with Gasteiger partial charge in [0.25, 0.3) is 0 Å². The number of hydrogen-bond donors (Lipinski definition) is 1. The predicted molar refractivity (Wildman–Crippen MR) is 66.7 cm³/mol. The number of benzene rings is 1. The number of aliphatic carboxylic acids is 1. The lowest BCUT2D eigenvalue weighted by Crippen LogP contribution is -2.33. The summed E-state index contributed by atoms with van der Waals surface area (Å²) in [5.74, 6) is -0.997. The van der Waals surface area contributed by atoms with E-state index in [4.69, 9.17) is 5.11 Å². The first-order valence-corrected chi connectivity index (χ1v) is 6.17. The van der Waals surface area contributed by atoms with Crippen molar-refractivity contribution in [1.82, 2.24) is 4.90 Å². The Morgan fingerprint density at radius 2 is 2.06 bits per heavy atom. The van der Waals surface area contributed by atoms with Crippen LogP contribution in [0.5, 0.6) is 0 Å². The quantitative estimate of drug-likeness (QED) is 0.820. The van der Waals surface area contributed by atoms with E-state index in [9.17, 15) is 4.79 Å². The standard InChI is InChI=1S/C14H19NO2/c1-11(14(16)17)9-15(13-7-8-13)10-12-5-3-2-4-6-12/h2-6,11,13H,7-10H2,1H3,(H,16,17). The van der Waals surface area contributed by atoms with Crippen LogP contribution >= 0.6 is 0 Å². The molecule has 1 atom stereocenters. The van der Waals surface area contributed by atoms with Gasteiger partial charge in [-0.15, -0.1) is 0 Å². The van der Waals surface area contributed by atoms with Gasteiger partial charge in [0.1, 0.15) is 0 Å². The molecule has 2 rings (SSSR count). The molecule has 1 fully saturated rings. The molecule has 1 unspecified atom stereocenters. The Morgan fingerprint density at radius 1 is 1.41 bits per heavy atom. The zero-order valence-corrected chi connectivity index (χ0v) is 10.2. The highest BCUT2D eigenvalue weighted by Gasteiger charge is 2.30. The number of rotatable bonds is 6. The van der Waals surface area contributed by atoms with Gasteiger partial charge in [0.15, 0.2) is 0 Å². The maximum Gasteiger partial charge on any atom is 0.307 e. The van der Waals surface area contributed by atoms with Crippen molar-refractivity contribution in [3.63, 3.8) is 0 Å². The molecule has 0 radical (unpaired) electrons. The summed E-state index contributed by atoms with van der Waals surface area (Å²) in [6.45, 7) is 3.29. The van der Waals surface area contributed by atoms with Crippen molar-refractivity contribution >= 4 is 5.97 Å². The van der Waals surface area contributed by atoms with Gasteiger partial charge in [0.2, 0.25) is 0 Å². The van der Waals surface area contributed by atoms with Crippen LogP contribution in [0.3, 0.4) is 0 Å². The number of carboxylic acids is 1. The van der Waals surface area contributed by atoms with Gasteiger partial charge in [-0.1, -0.05) is 37.3 Å². The molecule has 0 saturated heterocycles. The molecule has 1 saturated carbocycles. The van der Waals surface area contributed by atoms with Crippen molar-refractivity contribution in [1.29, 1.82) is 0 Å². The average Bonchev–Trinajstić information content (AvgIpc) is 3.13. The molecule has 1 aromatic rings. The van der Waals surface area contributed by atoms with Crippen molar-refractivity contribution in [2.24, 2.45) is 5.92 Å². The molecule has 1 aliphatic carbocycles. The van der Waals surface area contributed by atoms with Crippen LogP contribution in [0.2, 0.25) is 0 Å². The van der Waals surface area contributed by atoms with Gasteiger partial charge >= 0.3 is 5.97 Å². The van der Waals surface area contributed by atoms with Crippen LogP contribution in [0.1, 0.15) is 25.3 Å². The minimum absolute atomic E-state index is 0.292. The minimum atomic E-state index is -0.705. The Morgan fingerprint density at radius 3 is 2.59 bits per heavy atom. The lowest BCUT2D eigenvalue weighted by atomic mass is 10.1. The molecule has 0 aromatic heterocycles. The average molecular weight is 233 g/mol. The summed E-state index contributed by atoms with van der Waals surface area (Å²) in [7, 11) is 0. The SMILES string of the molecule is CC(CN(Cc1ccccc1)C1CC1)C(=O)O. The number of nitrogens with zero attached hydrogens (tertiary/aromatic N) is 1. The molecule has 0 spiro atoms. The normalized spacial score (nSPS) is 17.1. The van der Waals surface area contributed by atoms with Crippen molar-refractivity contribution in [2.45, 2.75) is 32.4 Å². The fourth-order valence-electron chi connectivity index (χ4n) is 2.03. The van der Waals surface area contributed by atoms with Crippen molar-refractivity contribution in [3.8, 4) is 0 Å². The number of hydrogen-bond acceptors (Lipinski definition) is 2. The lowest BCUT2D eigenvalue weighted by Gasteiger charge is -2.24. The molecule has 1 aromatic carbocycles. The highest BCUT2D eigenvalue weighted by molar-refractivity contribution is 5.69. The Labute approximate surface area is 102 Å². The summed E-state index contributed by atoms with van der Waals surface area (Å²) in [4.78, 5) is 13.2. The smallest absolute Gasteiger partial charge is 0.307 e. The Hall–Kier alpha value is -1.35. The molecule has 1 N–H and O–H groups in total. The lowest BCUT2D eigenvalue weighted by molar-refractivity contribution is -0.141. The molecule has 0 amide bonds. The van der Waals surface area contributed by atoms with Crippen LogP contribution < -0.4 is 0 Å². The maximum absolute atomic E-state index is 10.9. The number of carboxylic acid groups (broad SMARTS) is 1. The molecule has 0 aliphatic heterocycles. The van der Waals surface area contributed by atoms with Crippen molar-refractivity contribution in [2.75, 3.05) is 6.54 Å². The van der Waals surface area contributed by atoms with Crippen LogP contribution in [0, 0.1) is 5.92 Å². The van der Waals surface area contributed by atoms with Crippen molar-refractivity contribution < 1.29 is 9.90 Å². The minimum Gasteiger partial charge on any atom is -0.481 e. The molecular formula is C14H19NO2. The van der Waals surface area contributed by atoms with E-state index in [1.54, 1.807) is 6.92 Å². The molecular weight excluding hydrogens is 214 g/mol. The van der Waals surface area contributed by atoms with Gasteiger partial charge in [-0.05, 0) is 18.4 Å². The molecule has 1 aliphatic rings. The summed E-state index contributed by atoms with van der Waals surface area (Å²) >= 11 is 0. The molecule has 0 heterocycles. The Balaban J connectivity index is 1.96. The van der Waals surface area contributed by atoms with Gasteiger partial charge in [-0.25, -0.2) is 0 Å². The zero-order chi connectivity index (χ0) is 12.3. The van der Waals surface area contributed by atoms with Gasteiger partial charge in [-0.3, -0.25) is 9.69 Å². The second-order valence-electron chi connectivity index (χ2n) is 4.89. The van der Waals surface area contributed by atoms with E-state index < -0.39 is 5.97 Å². The second-order valence-corrected chi connectivity index (χ2v) is 4.89. The third kappa shape index (κ3) is 3.56. The Bertz CT molecular complexity index is 373. The van der Waals surface area contributed by atoms with E-state index >= 15 is 0 Å². The van der Waals surface area contributed by atoms with E-state index in [1.165, 1.54) is 18.4 Å². The largest absolute Gasteiger partial charge is 0.481 e. The molecule has 17 heavy (non-hydrogen) atoms. The van der Waals surface area contributed by atoms with Gasteiger partial charge < -0.3 is 5.11 Å². The maximum atomic E-state index is 10.9. The first-order chi connectivity index (χ1) is 8.16. The van der Waals surface area contributed by atoms with E-state index in [0.29, 0.717) is 12.6 Å². The van der Waals surface area contributed by atoms with Crippen LogP contribution in [0.15, 0.2) is 30.3 Å². The third-order valence-corrected chi connectivity index (χ3v) is 3.22. The highest BCUT2D eigenvalue weighted by atomic mass is 16.4. The van der Waals surface area contributed by atoms with Crippen molar-refractivity contribution in [3.05, 3.63) is 35.9 Å². The highest BCUT2D eigenvalue weighted by Crippen LogP contribution is 2.29. The first kappa shape index (κ1) is 12.1. The Kier molecular flexibility index (Phi) is 3.79.